The van der Waals surface area contributed by atoms with Crippen LogP contribution in [-0.2, 0) is 52.2 Å². The van der Waals surface area contributed by atoms with Gasteiger partial charge < -0.3 is 37.9 Å². The van der Waals surface area contributed by atoms with Gasteiger partial charge in [0.2, 0.25) is 0 Å². The largest absolute Gasteiger partial charge is 0.379 e. The molecule has 0 amide bonds. The monoisotopic (exact) mass is 580 g/mol. The highest BCUT2D eigenvalue weighted by molar-refractivity contribution is 7.86. The zero-order valence-corrected chi connectivity index (χ0v) is 24.2. The number of rotatable bonds is 30. The summed E-state index contributed by atoms with van der Waals surface area (Å²) >= 11 is 0. The lowest BCUT2D eigenvalue weighted by Gasteiger charge is -2.09. The third kappa shape index (κ3) is 23.2. The molecule has 0 bridgehead atoms. The van der Waals surface area contributed by atoms with Gasteiger partial charge in [0.25, 0.3) is 10.1 Å². The van der Waals surface area contributed by atoms with Crippen molar-refractivity contribution >= 4 is 10.1 Å². The molecule has 0 N–H and O–H groups in total. The van der Waals surface area contributed by atoms with E-state index in [0.29, 0.717) is 92.5 Å². The molecule has 11 nitrogen and oxygen atoms in total. The van der Waals surface area contributed by atoms with Gasteiger partial charge in [0, 0.05) is 6.61 Å². The van der Waals surface area contributed by atoms with E-state index in [1.807, 2.05) is 0 Å². The third-order valence-corrected chi connectivity index (χ3v) is 6.32. The summed E-state index contributed by atoms with van der Waals surface area (Å²) < 4.78 is 72.2. The molecule has 0 heterocycles. The van der Waals surface area contributed by atoms with Gasteiger partial charge in [-0.2, -0.15) is 8.42 Å². The molecule has 0 aromatic heterocycles. The van der Waals surface area contributed by atoms with Crippen molar-refractivity contribution < 1.29 is 50.5 Å². The Balaban J connectivity index is 1.69. The van der Waals surface area contributed by atoms with Crippen LogP contribution in [0.1, 0.15) is 26.2 Å². The van der Waals surface area contributed by atoms with Crippen molar-refractivity contribution in [3.63, 3.8) is 0 Å². The minimum absolute atomic E-state index is 0.0511. The highest BCUT2D eigenvalue weighted by Gasteiger charge is 2.13. The number of ether oxygens (including phenoxy) is 8. The zero-order valence-electron chi connectivity index (χ0n) is 23.4. The van der Waals surface area contributed by atoms with Crippen molar-refractivity contribution in [2.45, 2.75) is 31.1 Å². The van der Waals surface area contributed by atoms with Crippen LogP contribution >= 0.6 is 0 Å². The molecular formula is C27H48O11S. The average molecular weight is 581 g/mol. The fourth-order valence-electron chi connectivity index (χ4n) is 2.95. The fraction of sp³-hybridized carbons (Fsp3) is 0.778. The van der Waals surface area contributed by atoms with E-state index in [2.05, 4.69) is 6.92 Å². The average Bonchev–Trinajstić information content (AvgIpc) is 2.95. The second kappa shape index (κ2) is 27.0. The molecular weight excluding hydrogens is 532 g/mol. The van der Waals surface area contributed by atoms with Crippen molar-refractivity contribution in [2.75, 3.05) is 112 Å². The Morgan fingerprint density at radius 2 is 0.795 bits per heavy atom. The van der Waals surface area contributed by atoms with E-state index >= 15 is 0 Å². The maximum atomic E-state index is 11.9. The van der Waals surface area contributed by atoms with E-state index in [4.69, 9.17) is 42.1 Å². The van der Waals surface area contributed by atoms with E-state index in [9.17, 15) is 8.42 Å². The molecule has 1 rings (SSSR count). The predicted molar refractivity (Wildman–Crippen MR) is 146 cm³/mol. The van der Waals surface area contributed by atoms with Gasteiger partial charge in [-0.15, -0.1) is 0 Å². The highest BCUT2D eigenvalue weighted by atomic mass is 32.2. The Bertz CT molecular complexity index is 735. The van der Waals surface area contributed by atoms with Crippen LogP contribution in [0.5, 0.6) is 0 Å². The topological polar surface area (TPSA) is 117 Å². The maximum Gasteiger partial charge on any atom is 0.297 e. The maximum absolute atomic E-state index is 11.9. The van der Waals surface area contributed by atoms with Gasteiger partial charge in [-0.25, -0.2) is 0 Å². The van der Waals surface area contributed by atoms with E-state index in [-0.39, 0.29) is 18.1 Å². The SMILES string of the molecule is CCCCCOCCOCCOCCOCCOCCOCCOCCOCCOS(=O)(=O)c1ccccc1. The van der Waals surface area contributed by atoms with Gasteiger partial charge in [-0.1, -0.05) is 38.0 Å². The summed E-state index contributed by atoms with van der Waals surface area (Å²) in [7, 11) is -3.75. The van der Waals surface area contributed by atoms with Gasteiger partial charge in [0.05, 0.1) is 111 Å². The lowest BCUT2D eigenvalue weighted by Crippen LogP contribution is -2.15. The molecule has 0 aliphatic carbocycles. The second-order valence-corrected chi connectivity index (χ2v) is 9.81. The summed E-state index contributed by atoms with van der Waals surface area (Å²) in [6, 6.07) is 7.99. The molecule has 0 saturated heterocycles. The van der Waals surface area contributed by atoms with Gasteiger partial charge >= 0.3 is 0 Å². The molecule has 0 radical (unpaired) electrons. The van der Waals surface area contributed by atoms with Crippen LogP contribution < -0.4 is 0 Å². The van der Waals surface area contributed by atoms with Crippen LogP contribution in [0.4, 0.5) is 0 Å². The van der Waals surface area contributed by atoms with Crippen LogP contribution in [0.15, 0.2) is 35.2 Å². The second-order valence-electron chi connectivity index (χ2n) is 8.20. The number of hydrogen-bond acceptors (Lipinski definition) is 11. The van der Waals surface area contributed by atoms with Crippen molar-refractivity contribution in [1.29, 1.82) is 0 Å². The first-order valence-electron chi connectivity index (χ1n) is 13.7. The van der Waals surface area contributed by atoms with Crippen molar-refractivity contribution in [3.05, 3.63) is 30.3 Å². The normalized spacial score (nSPS) is 11.8. The fourth-order valence-corrected chi connectivity index (χ4v) is 3.87. The molecule has 0 spiro atoms. The van der Waals surface area contributed by atoms with Crippen molar-refractivity contribution in [1.82, 2.24) is 0 Å². The van der Waals surface area contributed by atoms with E-state index in [1.165, 1.54) is 25.0 Å². The van der Waals surface area contributed by atoms with Gasteiger partial charge in [-0.3, -0.25) is 4.18 Å². The van der Waals surface area contributed by atoms with Crippen LogP contribution in [-0.4, -0.2) is 121 Å². The lowest BCUT2D eigenvalue weighted by molar-refractivity contribution is -0.0236. The number of hydrogen-bond donors (Lipinski definition) is 0. The summed E-state index contributed by atoms with van der Waals surface area (Å²) in [5.74, 6) is 0. The first-order chi connectivity index (χ1) is 19.2. The van der Waals surface area contributed by atoms with Crippen LogP contribution in [0.2, 0.25) is 0 Å². The molecule has 12 heteroatoms. The Labute approximate surface area is 234 Å². The lowest BCUT2D eigenvalue weighted by atomic mass is 10.3. The van der Waals surface area contributed by atoms with Gasteiger partial charge in [-0.05, 0) is 18.6 Å². The van der Waals surface area contributed by atoms with Crippen molar-refractivity contribution in [3.8, 4) is 0 Å². The molecule has 0 atom stereocenters. The predicted octanol–water partition coefficient (Wildman–Crippen LogP) is 2.71. The first kappa shape index (κ1) is 35.8. The summed E-state index contributed by atoms with van der Waals surface area (Å²) in [5, 5.41) is 0. The van der Waals surface area contributed by atoms with E-state index in [0.717, 1.165) is 13.0 Å². The van der Waals surface area contributed by atoms with Crippen LogP contribution in [0.25, 0.3) is 0 Å². The molecule has 228 valence electrons. The molecule has 0 aliphatic heterocycles. The number of benzene rings is 1. The standard InChI is InChI=1S/C27H48O11S/c1-2-3-7-10-30-11-12-31-13-14-32-15-16-33-17-18-34-19-20-35-21-22-36-23-24-37-25-26-38-39(28,29)27-8-5-4-6-9-27/h4-6,8-9H,2-3,7,10-26H2,1H3. The Hall–Kier alpha value is -1.19. The molecule has 39 heavy (non-hydrogen) atoms. The third-order valence-electron chi connectivity index (χ3n) is 4.99. The smallest absolute Gasteiger partial charge is 0.297 e. The minimum Gasteiger partial charge on any atom is -0.379 e. The molecule has 0 unspecified atom stereocenters. The highest BCUT2D eigenvalue weighted by Crippen LogP contribution is 2.10. The van der Waals surface area contributed by atoms with E-state index < -0.39 is 10.1 Å². The van der Waals surface area contributed by atoms with Gasteiger partial charge in [0.15, 0.2) is 0 Å². The molecule has 1 aromatic carbocycles. The Morgan fingerprint density at radius 3 is 1.15 bits per heavy atom. The van der Waals surface area contributed by atoms with Gasteiger partial charge in [0.1, 0.15) is 0 Å². The molecule has 1 aromatic rings. The summed E-state index contributed by atoms with van der Waals surface area (Å²) in [6.45, 7) is 10.0. The summed E-state index contributed by atoms with van der Waals surface area (Å²) in [4.78, 5) is 0.125. The Morgan fingerprint density at radius 1 is 0.462 bits per heavy atom. The van der Waals surface area contributed by atoms with E-state index in [1.54, 1.807) is 18.2 Å². The Kier molecular flexibility index (Phi) is 24.8. The summed E-state index contributed by atoms with van der Waals surface area (Å²) in [6.07, 6.45) is 3.52. The van der Waals surface area contributed by atoms with Crippen LogP contribution in [0, 0.1) is 0 Å². The molecule has 0 fully saturated rings. The number of unbranched alkanes of at least 4 members (excludes halogenated alkanes) is 2. The zero-order chi connectivity index (χ0) is 28.1. The molecule has 0 aliphatic rings. The van der Waals surface area contributed by atoms with Crippen molar-refractivity contribution in [2.24, 2.45) is 0 Å². The van der Waals surface area contributed by atoms with Crippen LogP contribution in [0.3, 0.4) is 0 Å². The summed E-state index contributed by atoms with van der Waals surface area (Å²) in [5.41, 5.74) is 0. The minimum atomic E-state index is -3.75. The first-order valence-corrected chi connectivity index (χ1v) is 15.1. The molecule has 0 saturated carbocycles. The quantitative estimate of drug-likeness (QED) is 0.0988.